The Balaban J connectivity index is 1.67. The molecular formula is C20H19N3O3S. The minimum Gasteiger partial charge on any atom is -0.496 e. The second-order valence-corrected chi connectivity index (χ2v) is 6.48. The van der Waals surface area contributed by atoms with E-state index in [-0.39, 0.29) is 12.6 Å². The number of anilines is 1. The highest BCUT2D eigenvalue weighted by Crippen LogP contribution is 2.24. The van der Waals surface area contributed by atoms with Gasteiger partial charge in [0.05, 0.1) is 19.0 Å². The van der Waals surface area contributed by atoms with Crippen molar-refractivity contribution in [2.45, 2.75) is 13.5 Å². The summed E-state index contributed by atoms with van der Waals surface area (Å²) in [4.78, 5) is 15.6. The van der Waals surface area contributed by atoms with Crippen molar-refractivity contribution in [3.63, 3.8) is 0 Å². The molecule has 0 unspecified atom stereocenters. The normalized spacial score (nSPS) is 10.7. The highest BCUT2D eigenvalue weighted by molar-refractivity contribution is 7.14. The smallest absolute Gasteiger partial charge is 0.302 e. The molecule has 1 aromatic heterocycles. The zero-order valence-corrected chi connectivity index (χ0v) is 15.8. The second kappa shape index (κ2) is 8.95. The fourth-order valence-corrected chi connectivity index (χ4v) is 3.07. The van der Waals surface area contributed by atoms with E-state index in [1.54, 1.807) is 13.3 Å². The molecule has 3 rings (SSSR count). The first-order valence-electron chi connectivity index (χ1n) is 8.26. The van der Waals surface area contributed by atoms with E-state index < -0.39 is 0 Å². The quantitative estimate of drug-likeness (QED) is 0.375. The summed E-state index contributed by atoms with van der Waals surface area (Å²) in [5.74, 6) is 0.324. The SMILES string of the molecule is COc1ccc(C=NNc2nc(-c3ccccc3)cs2)cc1COC(C)=O. The van der Waals surface area contributed by atoms with Gasteiger partial charge in [-0.3, -0.25) is 10.2 Å². The molecule has 27 heavy (non-hydrogen) atoms. The van der Waals surface area contributed by atoms with Crippen molar-refractivity contribution in [1.29, 1.82) is 0 Å². The molecule has 0 saturated carbocycles. The fourth-order valence-electron chi connectivity index (χ4n) is 2.40. The van der Waals surface area contributed by atoms with E-state index in [0.29, 0.717) is 10.9 Å². The molecule has 0 aliphatic carbocycles. The molecule has 0 bridgehead atoms. The van der Waals surface area contributed by atoms with E-state index in [2.05, 4.69) is 15.5 Å². The largest absolute Gasteiger partial charge is 0.496 e. The van der Waals surface area contributed by atoms with E-state index >= 15 is 0 Å². The Morgan fingerprint density at radius 3 is 2.81 bits per heavy atom. The average Bonchev–Trinajstić information content (AvgIpc) is 3.16. The zero-order valence-electron chi connectivity index (χ0n) is 15.0. The maximum atomic E-state index is 11.0. The molecule has 6 nitrogen and oxygen atoms in total. The summed E-state index contributed by atoms with van der Waals surface area (Å²) in [6.07, 6.45) is 1.68. The predicted octanol–water partition coefficient (Wildman–Crippen LogP) is 4.33. The number of esters is 1. The van der Waals surface area contributed by atoms with Gasteiger partial charge in [0.15, 0.2) is 0 Å². The monoisotopic (exact) mass is 381 g/mol. The number of nitrogens with one attached hydrogen (secondary N) is 1. The summed E-state index contributed by atoms with van der Waals surface area (Å²) in [6, 6.07) is 15.5. The highest BCUT2D eigenvalue weighted by Gasteiger charge is 2.06. The van der Waals surface area contributed by atoms with Crippen LogP contribution in [0.15, 0.2) is 59.0 Å². The van der Waals surface area contributed by atoms with E-state index in [9.17, 15) is 4.79 Å². The Morgan fingerprint density at radius 2 is 2.07 bits per heavy atom. The highest BCUT2D eigenvalue weighted by atomic mass is 32.1. The lowest BCUT2D eigenvalue weighted by molar-refractivity contribution is -0.142. The van der Waals surface area contributed by atoms with Gasteiger partial charge in [0.1, 0.15) is 12.4 Å². The molecule has 0 fully saturated rings. The standard InChI is InChI=1S/C20H19N3O3S/c1-14(24)26-12-17-10-15(8-9-19(17)25-2)11-21-23-20-22-18(13-27-20)16-6-4-3-5-7-16/h3-11,13H,12H2,1-2H3,(H,22,23). The van der Waals surface area contributed by atoms with Crippen molar-refractivity contribution < 1.29 is 14.3 Å². The number of hydrogen-bond donors (Lipinski definition) is 1. The molecule has 0 aliphatic heterocycles. The van der Waals surface area contributed by atoms with Gasteiger partial charge < -0.3 is 9.47 Å². The van der Waals surface area contributed by atoms with Gasteiger partial charge >= 0.3 is 5.97 Å². The molecule has 0 spiro atoms. The Kier molecular flexibility index (Phi) is 6.17. The van der Waals surface area contributed by atoms with Crippen molar-refractivity contribution in [1.82, 2.24) is 4.98 Å². The molecule has 138 valence electrons. The van der Waals surface area contributed by atoms with Crippen LogP contribution in [0.5, 0.6) is 5.75 Å². The number of hydrogen-bond acceptors (Lipinski definition) is 7. The van der Waals surface area contributed by atoms with Gasteiger partial charge in [0.2, 0.25) is 5.13 Å². The van der Waals surface area contributed by atoms with Gasteiger partial charge in [-0.1, -0.05) is 30.3 Å². The molecule has 1 heterocycles. The summed E-state index contributed by atoms with van der Waals surface area (Å²) in [5, 5.41) is 6.93. The first-order valence-corrected chi connectivity index (χ1v) is 9.14. The number of rotatable bonds is 7. The van der Waals surface area contributed by atoms with Crippen molar-refractivity contribution in [2.24, 2.45) is 5.10 Å². The number of benzene rings is 2. The molecule has 0 amide bonds. The maximum absolute atomic E-state index is 11.0. The maximum Gasteiger partial charge on any atom is 0.302 e. The summed E-state index contributed by atoms with van der Waals surface area (Å²) in [6.45, 7) is 1.53. The van der Waals surface area contributed by atoms with Gasteiger partial charge in [-0.2, -0.15) is 5.10 Å². The van der Waals surface area contributed by atoms with E-state index in [0.717, 1.165) is 22.4 Å². The Hall–Kier alpha value is -3.19. The van der Waals surface area contributed by atoms with Crippen LogP contribution in [-0.4, -0.2) is 24.3 Å². The third-order valence-electron chi connectivity index (χ3n) is 3.68. The number of ether oxygens (including phenoxy) is 2. The molecule has 7 heteroatoms. The third-order valence-corrected chi connectivity index (χ3v) is 4.43. The van der Waals surface area contributed by atoms with Crippen LogP contribution in [0.3, 0.4) is 0 Å². The van der Waals surface area contributed by atoms with Crippen molar-refractivity contribution >= 4 is 28.7 Å². The lowest BCUT2D eigenvalue weighted by Crippen LogP contribution is -2.02. The molecule has 0 atom stereocenters. The van der Waals surface area contributed by atoms with Crippen LogP contribution in [-0.2, 0) is 16.1 Å². The minimum absolute atomic E-state index is 0.153. The van der Waals surface area contributed by atoms with Crippen LogP contribution in [0.25, 0.3) is 11.3 Å². The third kappa shape index (κ3) is 5.15. The number of aromatic nitrogens is 1. The van der Waals surface area contributed by atoms with Gasteiger partial charge in [-0.15, -0.1) is 11.3 Å². The minimum atomic E-state index is -0.337. The van der Waals surface area contributed by atoms with Gasteiger partial charge in [0.25, 0.3) is 0 Å². The van der Waals surface area contributed by atoms with Gasteiger partial charge in [-0.05, 0) is 23.8 Å². The molecule has 0 saturated heterocycles. The molecule has 0 radical (unpaired) electrons. The Morgan fingerprint density at radius 1 is 1.26 bits per heavy atom. The van der Waals surface area contributed by atoms with E-state index in [1.165, 1.54) is 18.3 Å². The number of carbonyl (C=O) groups is 1. The number of thiazole rings is 1. The topological polar surface area (TPSA) is 72.8 Å². The first kappa shape index (κ1) is 18.6. The lowest BCUT2D eigenvalue weighted by Gasteiger charge is -2.09. The number of hydrazone groups is 1. The number of carbonyl (C=O) groups excluding carboxylic acids is 1. The summed E-state index contributed by atoms with van der Waals surface area (Å²) >= 11 is 1.49. The summed E-state index contributed by atoms with van der Waals surface area (Å²) in [5.41, 5.74) is 6.54. The first-order chi connectivity index (χ1) is 13.2. The molecule has 1 N–H and O–H groups in total. The summed E-state index contributed by atoms with van der Waals surface area (Å²) < 4.78 is 10.3. The van der Waals surface area contributed by atoms with Crippen molar-refractivity contribution in [2.75, 3.05) is 12.5 Å². The van der Waals surface area contributed by atoms with Crippen molar-refractivity contribution in [3.8, 4) is 17.0 Å². The van der Waals surface area contributed by atoms with Crippen LogP contribution in [0, 0.1) is 0 Å². The van der Waals surface area contributed by atoms with Crippen LogP contribution < -0.4 is 10.2 Å². The van der Waals surface area contributed by atoms with Crippen LogP contribution in [0.4, 0.5) is 5.13 Å². The molecular weight excluding hydrogens is 362 g/mol. The fraction of sp³-hybridized carbons (Fsp3) is 0.150. The lowest BCUT2D eigenvalue weighted by atomic mass is 10.1. The number of methoxy groups -OCH3 is 1. The Labute approximate surface area is 161 Å². The average molecular weight is 381 g/mol. The Bertz CT molecular complexity index is 939. The summed E-state index contributed by atoms with van der Waals surface area (Å²) in [7, 11) is 1.58. The predicted molar refractivity (Wildman–Crippen MR) is 107 cm³/mol. The van der Waals surface area contributed by atoms with Crippen LogP contribution in [0.2, 0.25) is 0 Å². The molecule has 3 aromatic rings. The van der Waals surface area contributed by atoms with E-state index in [1.807, 2.05) is 53.9 Å². The van der Waals surface area contributed by atoms with Crippen LogP contribution >= 0.6 is 11.3 Å². The molecule has 0 aliphatic rings. The number of nitrogens with zero attached hydrogens (tertiary/aromatic N) is 2. The van der Waals surface area contributed by atoms with E-state index in [4.69, 9.17) is 9.47 Å². The van der Waals surface area contributed by atoms with Crippen molar-refractivity contribution in [3.05, 3.63) is 65.0 Å². The van der Waals surface area contributed by atoms with Gasteiger partial charge in [-0.25, -0.2) is 4.98 Å². The van der Waals surface area contributed by atoms with Gasteiger partial charge in [0, 0.05) is 23.4 Å². The zero-order chi connectivity index (χ0) is 19.1. The van der Waals surface area contributed by atoms with Crippen LogP contribution in [0.1, 0.15) is 18.1 Å². The molecule has 2 aromatic carbocycles. The second-order valence-electron chi connectivity index (χ2n) is 5.63.